The molecular weight excluding hydrogens is 124 g/mol. The third kappa shape index (κ3) is 1.82. The predicted molar refractivity (Wildman–Crippen MR) is 43.8 cm³/mol. The van der Waals surface area contributed by atoms with Crippen molar-refractivity contribution in [3.8, 4) is 0 Å². The van der Waals surface area contributed by atoms with E-state index < -0.39 is 0 Å². The van der Waals surface area contributed by atoms with Crippen molar-refractivity contribution in [1.29, 1.82) is 0 Å². The van der Waals surface area contributed by atoms with Crippen molar-refractivity contribution >= 4 is 0 Å². The first-order valence-corrected chi connectivity index (χ1v) is 3.79. The Morgan fingerprint density at radius 1 is 1.70 bits per heavy atom. The quantitative estimate of drug-likeness (QED) is 0.577. The molecule has 0 spiro atoms. The van der Waals surface area contributed by atoms with Crippen LogP contribution in [0.1, 0.15) is 6.92 Å². The minimum Gasteiger partial charge on any atom is -0.330 e. The second-order valence-corrected chi connectivity index (χ2v) is 3.25. The third-order valence-electron chi connectivity index (χ3n) is 1.86. The second kappa shape index (κ2) is 3.17. The number of hydrogen-bond donors (Lipinski definition) is 1. The lowest BCUT2D eigenvalue weighted by Crippen LogP contribution is -2.50. The fraction of sp³-hybridized carbons (Fsp3) is 0.750. The summed E-state index contributed by atoms with van der Waals surface area (Å²) in [7, 11) is 0. The van der Waals surface area contributed by atoms with Gasteiger partial charge in [-0.1, -0.05) is 12.2 Å². The Morgan fingerprint density at radius 3 is 2.70 bits per heavy atom. The number of nitrogens with two attached hydrogens (primary N) is 1. The zero-order valence-electron chi connectivity index (χ0n) is 6.64. The average Bonchev–Trinajstić information content (AvgIpc) is 1.76. The summed E-state index contributed by atoms with van der Waals surface area (Å²) in [4.78, 5) is 2.37. The molecule has 2 nitrogen and oxygen atoms in total. The van der Waals surface area contributed by atoms with Crippen LogP contribution in [-0.2, 0) is 0 Å². The number of hydrogen-bond acceptors (Lipinski definition) is 2. The lowest BCUT2D eigenvalue weighted by molar-refractivity contribution is 0.118. The molecule has 0 saturated carbocycles. The van der Waals surface area contributed by atoms with E-state index in [1.165, 1.54) is 18.7 Å². The van der Waals surface area contributed by atoms with E-state index in [0.717, 1.165) is 19.0 Å². The lowest BCUT2D eigenvalue weighted by Gasteiger charge is -2.38. The van der Waals surface area contributed by atoms with Crippen molar-refractivity contribution in [2.24, 2.45) is 11.7 Å². The monoisotopic (exact) mass is 140 g/mol. The molecule has 1 aliphatic rings. The maximum atomic E-state index is 5.48. The second-order valence-electron chi connectivity index (χ2n) is 3.25. The van der Waals surface area contributed by atoms with E-state index in [9.17, 15) is 0 Å². The molecule has 0 aromatic carbocycles. The maximum absolute atomic E-state index is 5.48. The third-order valence-corrected chi connectivity index (χ3v) is 1.86. The first kappa shape index (κ1) is 7.76. The summed E-state index contributed by atoms with van der Waals surface area (Å²) >= 11 is 0. The molecule has 0 aromatic heterocycles. The Kier molecular flexibility index (Phi) is 2.46. The minimum absolute atomic E-state index is 0.749. The molecule has 0 aliphatic carbocycles. The van der Waals surface area contributed by atoms with Crippen LogP contribution in [0.4, 0.5) is 0 Å². The lowest BCUT2D eigenvalue weighted by atomic mass is 10.0. The molecule has 58 valence electrons. The van der Waals surface area contributed by atoms with Crippen LogP contribution in [0.3, 0.4) is 0 Å². The molecule has 0 amide bonds. The maximum Gasteiger partial charge on any atom is 0.0187 e. The SMILES string of the molecule is C=C(C)CN1CC(CN)C1. The Morgan fingerprint density at radius 2 is 2.30 bits per heavy atom. The fourth-order valence-corrected chi connectivity index (χ4v) is 1.34. The van der Waals surface area contributed by atoms with Crippen molar-refractivity contribution in [2.75, 3.05) is 26.2 Å². The van der Waals surface area contributed by atoms with E-state index in [-0.39, 0.29) is 0 Å². The molecule has 0 atom stereocenters. The van der Waals surface area contributed by atoms with E-state index in [0.29, 0.717) is 0 Å². The fourth-order valence-electron chi connectivity index (χ4n) is 1.34. The van der Waals surface area contributed by atoms with Crippen LogP contribution < -0.4 is 5.73 Å². The largest absolute Gasteiger partial charge is 0.330 e. The highest BCUT2D eigenvalue weighted by Crippen LogP contribution is 2.14. The predicted octanol–water partition coefficient (Wildman–Crippen LogP) is 0.453. The van der Waals surface area contributed by atoms with Gasteiger partial charge in [0.05, 0.1) is 0 Å². The minimum atomic E-state index is 0.749. The summed E-state index contributed by atoms with van der Waals surface area (Å²) in [6.45, 7) is 10.2. The van der Waals surface area contributed by atoms with Gasteiger partial charge in [0.25, 0.3) is 0 Å². The van der Waals surface area contributed by atoms with Crippen molar-refractivity contribution in [3.05, 3.63) is 12.2 Å². The highest BCUT2D eigenvalue weighted by atomic mass is 15.2. The van der Waals surface area contributed by atoms with Crippen molar-refractivity contribution in [3.63, 3.8) is 0 Å². The van der Waals surface area contributed by atoms with Crippen LogP contribution in [0.25, 0.3) is 0 Å². The van der Waals surface area contributed by atoms with E-state index >= 15 is 0 Å². The summed E-state index contributed by atoms with van der Waals surface area (Å²) in [5.41, 5.74) is 6.72. The smallest absolute Gasteiger partial charge is 0.0187 e. The molecular formula is C8H16N2. The summed E-state index contributed by atoms with van der Waals surface area (Å²) in [6, 6.07) is 0. The summed E-state index contributed by atoms with van der Waals surface area (Å²) in [5, 5.41) is 0. The van der Waals surface area contributed by atoms with E-state index in [2.05, 4.69) is 18.4 Å². The van der Waals surface area contributed by atoms with Gasteiger partial charge in [-0.2, -0.15) is 0 Å². The van der Waals surface area contributed by atoms with Gasteiger partial charge < -0.3 is 5.73 Å². The Hall–Kier alpha value is -0.340. The van der Waals surface area contributed by atoms with Crippen LogP contribution in [0.2, 0.25) is 0 Å². The van der Waals surface area contributed by atoms with Gasteiger partial charge in [-0.05, 0) is 19.4 Å². The summed E-state index contributed by atoms with van der Waals surface area (Å²) < 4.78 is 0. The average molecular weight is 140 g/mol. The topological polar surface area (TPSA) is 29.3 Å². The Bertz CT molecular complexity index is 125. The van der Waals surface area contributed by atoms with Gasteiger partial charge in [0.15, 0.2) is 0 Å². The van der Waals surface area contributed by atoms with Gasteiger partial charge in [0, 0.05) is 19.6 Å². The van der Waals surface area contributed by atoms with Crippen LogP contribution >= 0.6 is 0 Å². The van der Waals surface area contributed by atoms with Gasteiger partial charge in [-0.25, -0.2) is 0 Å². The van der Waals surface area contributed by atoms with E-state index in [1.807, 2.05) is 0 Å². The Labute approximate surface area is 62.7 Å². The van der Waals surface area contributed by atoms with Gasteiger partial charge in [-0.3, -0.25) is 4.90 Å². The van der Waals surface area contributed by atoms with Crippen LogP contribution in [0.15, 0.2) is 12.2 Å². The molecule has 0 aromatic rings. The summed E-state index contributed by atoms with van der Waals surface area (Å²) in [5.74, 6) is 0.749. The zero-order valence-corrected chi connectivity index (χ0v) is 6.64. The number of likely N-dealkylation sites (tertiary alicyclic amines) is 1. The summed E-state index contributed by atoms with van der Waals surface area (Å²) in [6.07, 6.45) is 0. The molecule has 1 fully saturated rings. The molecule has 1 saturated heterocycles. The van der Waals surface area contributed by atoms with Gasteiger partial charge in [0.1, 0.15) is 0 Å². The van der Waals surface area contributed by atoms with Crippen molar-refractivity contribution in [1.82, 2.24) is 4.90 Å². The molecule has 2 heteroatoms. The van der Waals surface area contributed by atoms with Crippen LogP contribution in [0, 0.1) is 5.92 Å². The zero-order chi connectivity index (χ0) is 7.56. The van der Waals surface area contributed by atoms with Gasteiger partial charge >= 0.3 is 0 Å². The van der Waals surface area contributed by atoms with Crippen LogP contribution in [-0.4, -0.2) is 31.1 Å². The molecule has 1 rings (SSSR count). The normalized spacial score (nSPS) is 20.6. The molecule has 10 heavy (non-hydrogen) atoms. The highest BCUT2D eigenvalue weighted by molar-refractivity contribution is 4.95. The van der Waals surface area contributed by atoms with Crippen molar-refractivity contribution in [2.45, 2.75) is 6.92 Å². The number of nitrogens with zero attached hydrogens (tertiary/aromatic N) is 1. The molecule has 1 heterocycles. The molecule has 0 bridgehead atoms. The molecule has 0 radical (unpaired) electrons. The van der Waals surface area contributed by atoms with Crippen molar-refractivity contribution < 1.29 is 0 Å². The molecule has 0 unspecified atom stereocenters. The van der Waals surface area contributed by atoms with Gasteiger partial charge in [0.2, 0.25) is 0 Å². The van der Waals surface area contributed by atoms with E-state index in [4.69, 9.17) is 5.73 Å². The molecule has 2 N–H and O–H groups in total. The van der Waals surface area contributed by atoms with E-state index in [1.54, 1.807) is 0 Å². The highest BCUT2D eigenvalue weighted by Gasteiger charge is 2.24. The number of rotatable bonds is 3. The van der Waals surface area contributed by atoms with Crippen LogP contribution in [0.5, 0.6) is 0 Å². The Balaban J connectivity index is 2.08. The first-order chi connectivity index (χ1) is 4.72. The first-order valence-electron chi connectivity index (χ1n) is 3.79. The van der Waals surface area contributed by atoms with Gasteiger partial charge in [-0.15, -0.1) is 0 Å². The molecule has 1 aliphatic heterocycles. The standard InChI is InChI=1S/C8H16N2/c1-7(2)4-10-5-8(3-9)6-10/h8H,1,3-6,9H2,2H3.